The standard InChI is InChI=1S/C16H15N5OS/c1-11-9-12-5-2-3-6-13(12)21(11)15(22)10-20-18-16(17-19-20)14-7-4-8-23-14/h2-8,11H,9-10H2,1H3. The first-order valence-electron chi connectivity index (χ1n) is 7.44. The van der Waals surface area contributed by atoms with Crippen molar-refractivity contribution in [2.24, 2.45) is 0 Å². The van der Waals surface area contributed by atoms with E-state index in [9.17, 15) is 4.79 Å². The zero-order chi connectivity index (χ0) is 15.8. The minimum absolute atomic E-state index is 0.0161. The Hall–Kier alpha value is -2.54. The summed E-state index contributed by atoms with van der Waals surface area (Å²) in [5.74, 6) is 0.542. The molecule has 0 saturated heterocycles. The second kappa shape index (κ2) is 5.58. The summed E-state index contributed by atoms with van der Waals surface area (Å²) >= 11 is 1.55. The van der Waals surface area contributed by atoms with E-state index < -0.39 is 0 Å². The summed E-state index contributed by atoms with van der Waals surface area (Å²) < 4.78 is 0. The number of anilines is 1. The Morgan fingerprint density at radius 2 is 2.17 bits per heavy atom. The Bertz CT molecular complexity index is 842. The molecule has 4 rings (SSSR count). The molecular weight excluding hydrogens is 310 g/mol. The first-order chi connectivity index (χ1) is 11.2. The van der Waals surface area contributed by atoms with Crippen LogP contribution in [0, 0.1) is 0 Å². The first-order valence-corrected chi connectivity index (χ1v) is 8.32. The lowest BCUT2D eigenvalue weighted by Gasteiger charge is -2.22. The molecule has 3 heterocycles. The predicted molar refractivity (Wildman–Crippen MR) is 88.2 cm³/mol. The average Bonchev–Trinajstić information content (AvgIpc) is 3.25. The summed E-state index contributed by atoms with van der Waals surface area (Å²) in [6.07, 6.45) is 0.882. The van der Waals surface area contributed by atoms with Crippen LogP contribution in [0.25, 0.3) is 10.7 Å². The molecule has 1 aliphatic rings. The second-order valence-electron chi connectivity index (χ2n) is 5.57. The van der Waals surface area contributed by atoms with Gasteiger partial charge in [0.25, 0.3) is 5.91 Å². The number of benzene rings is 1. The lowest BCUT2D eigenvalue weighted by Crippen LogP contribution is -2.38. The third-order valence-corrected chi connectivity index (χ3v) is 4.81. The van der Waals surface area contributed by atoms with Crippen LogP contribution < -0.4 is 4.90 Å². The quantitative estimate of drug-likeness (QED) is 0.742. The Kier molecular flexibility index (Phi) is 3.42. The first kappa shape index (κ1) is 14.1. The van der Waals surface area contributed by atoms with Crippen LogP contribution in [-0.2, 0) is 17.8 Å². The Morgan fingerprint density at radius 1 is 1.30 bits per heavy atom. The van der Waals surface area contributed by atoms with Crippen LogP contribution in [0.3, 0.4) is 0 Å². The molecule has 7 heteroatoms. The molecule has 6 nitrogen and oxygen atoms in total. The Morgan fingerprint density at radius 3 is 3.00 bits per heavy atom. The minimum Gasteiger partial charge on any atom is -0.307 e. The molecule has 0 radical (unpaired) electrons. The van der Waals surface area contributed by atoms with Gasteiger partial charge in [-0.15, -0.1) is 21.5 Å². The maximum Gasteiger partial charge on any atom is 0.250 e. The SMILES string of the molecule is CC1Cc2ccccc2N1C(=O)Cn1nnc(-c2cccs2)n1. The summed E-state index contributed by atoms with van der Waals surface area (Å²) in [4.78, 5) is 16.8. The van der Waals surface area contributed by atoms with E-state index in [0.29, 0.717) is 5.82 Å². The average molecular weight is 325 g/mol. The number of nitrogens with zero attached hydrogens (tertiary/aromatic N) is 5. The fraction of sp³-hybridized carbons (Fsp3) is 0.250. The van der Waals surface area contributed by atoms with Gasteiger partial charge in [-0.25, -0.2) is 0 Å². The third kappa shape index (κ3) is 2.53. The number of aromatic nitrogens is 4. The summed E-state index contributed by atoms with van der Waals surface area (Å²) in [7, 11) is 0. The molecule has 2 aromatic heterocycles. The van der Waals surface area contributed by atoms with Crippen LogP contribution >= 0.6 is 11.3 Å². The van der Waals surface area contributed by atoms with Crippen molar-refractivity contribution >= 4 is 22.9 Å². The number of tetrazole rings is 1. The smallest absolute Gasteiger partial charge is 0.250 e. The highest BCUT2D eigenvalue weighted by Crippen LogP contribution is 2.31. The van der Waals surface area contributed by atoms with Crippen LogP contribution in [0.4, 0.5) is 5.69 Å². The van der Waals surface area contributed by atoms with Gasteiger partial charge in [0.05, 0.1) is 4.88 Å². The van der Waals surface area contributed by atoms with Crippen LogP contribution in [0.5, 0.6) is 0 Å². The monoisotopic (exact) mass is 325 g/mol. The number of carbonyl (C=O) groups is 1. The van der Waals surface area contributed by atoms with E-state index in [2.05, 4.69) is 28.4 Å². The van der Waals surface area contributed by atoms with Gasteiger partial charge in [-0.1, -0.05) is 24.3 Å². The normalized spacial score (nSPS) is 16.6. The van der Waals surface area contributed by atoms with Gasteiger partial charge in [-0.3, -0.25) is 4.79 Å². The number of amides is 1. The second-order valence-corrected chi connectivity index (χ2v) is 6.51. The van der Waals surface area contributed by atoms with Crippen LogP contribution in [0.1, 0.15) is 12.5 Å². The number of thiophene rings is 1. The van der Waals surface area contributed by atoms with Crippen molar-refractivity contribution in [1.29, 1.82) is 0 Å². The summed E-state index contributed by atoms with van der Waals surface area (Å²) in [6.45, 7) is 2.15. The van der Waals surface area contributed by atoms with Gasteiger partial charge in [0.2, 0.25) is 5.82 Å². The van der Waals surface area contributed by atoms with Crippen molar-refractivity contribution in [1.82, 2.24) is 20.2 Å². The fourth-order valence-corrected chi connectivity index (χ4v) is 3.61. The molecule has 1 aromatic carbocycles. The molecule has 1 unspecified atom stereocenters. The van der Waals surface area contributed by atoms with Crippen molar-refractivity contribution in [2.45, 2.75) is 25.9 Å². The Balaban J connectivity index is 1.55. The minimum atomic E-state index is -0.0161. The number of hydrogen-bond acceptors (Lipinski definition) is 5. The molecule has 23 heavy (non-hydrogen) atoms. The molecule has 1 aliphatic heterocycles. The molecule has 0 N–H and O–H groups in total. The number of fused-ring (bicyclic) bond motifs is 1. The van der Waals surface area contributed by atoms with E-state index >= 15 is 0 Å². The highest BCUT2D eigenvalue weighted by Gasteiger charge is 2.30. The highest BCUT2D eigenvalue weighted by atomic mass is 32.1. The van der Waals surface area contributed by atoms with Crippen molar-refractivity contribution < 1.29 is 4.79 Å². The number of hydrogen-bond donors (Lipinski definition) is 0. The van der Waals surface area contributed by atoms with Crippen molar-refractivity contribution in [2.75, 3.05) is 4.90 Å². The van der Waals surface area contributed by atoms with E-state index in [1.807, 2.05) is 40.6 Å². The molecule has 3 aromatic rings. The lowest BCUT2D eigenvalue weighted by atomic mass is 10.1. The van der Waals surface area contributed by atoms with E-state index in [1.165, 1.54) is 10.4 Å². The van der Waals surface area contributed by atoms with Crippen LogP contribution in [-0.4, -0.2) is 32.2 Å². The number of rotatable bonds is 3. The van der Waals surface area contributed by atoms with Crippen molar-refractivity contribution in [3.8, 4) is 10.7 Å². The van der Waals surface area contributed by atoms with Gasteiger partial charge in [0, 0.05) is 11.7 Å². The zero-order valence-electron chi connectivity index (χ0n) is 12.6. The van der Waals surface area contributed by atoms with Crippen LogP contribution in [0.2, 0.25) is 0 Å². The largest absolute Gasteiger partial charge is 0.307 e. The van der Waals surface area contributed by atoms with Gasteiger partial charge in [-0.05, 0) is 41.6 Å². The zero-order valence-corrected chi connectivity index (χ0v) is 13.4. The molecule has 0 fully saturated rings. The van der Waals surface area contributed by atoms with Gasteiger partial charge in [0.15, 0.2) is 0 Å². The van der Waals surface area contributed by atoms with Gasteiger partial charge in [0.1, 0.15) is 6.54 Å². The molecule has 1 atom stereocenters. The van der Waals surface area contributed by atoms with Gasteiger partial charge >= 0.3 is 0 Å². The van der Waals surface area contributed by atoms with E-state index in [1.54, 1.807) is 11.3 Å². The van der Waals surface area contributed by atoms with Gasteiger partial charge < -0.3 is 4.90 Å². The lowest BCUT2D eigenvalue weighted by molar-refractivity contribution is -0.119. The van der Waals surface area contributed by atoms with Crippen LogP contribution in [0.15, 0.2) is 41.8 Å². The molecule has 0 aliphatic carbocycles. The summed E-state index contributed by atoms with van der Waals surface area (Å²) in [5.41, 5.74) is 2.20. The van der Waals surface area contributed by atoms with Gasteiger partial charge in [-0.2, -0.15) is 4.80 Å². The third-order valence-electron chi connectivity index (χ3n) is 3.95. The van der Waals surface area contributed by atoms with Crippen molar-refractivity contribution in [3.63, 3.8) is 0 Å². The summed E-state index contributed by atoms with van der Waals surface area (Å²) in [5, 5.41) is 14.3. The Labute approximate surface area is 137 Å². The summed E-state index contributed by atoms with van der Waals surface area (Å²) in [6, 6.07) is 12.1. The van der Waals surface area contributed by atoms with E-state index in [4.69, 9.17) is 0 Å². The number of carbonyl (C=O) groups excluding carboxylic acids is 1. The molecule has 116 valence electrons. The fourth-order valence-electron chi connectivity index (χ4n) is 2.96. The van der Waals surface area contributed by atoms with Crippen molar-refractivity contribution in [3.05, 3.63) is 47.3 Å². The number of para-hydroxylation sites is 1. The predicted octanol–water partition coefficient (Wildman–Crippen LogP) is 2.38. The van der Waals surface area contributed by atoms with E-state index in [0.717, 1.165) is 17.0 Å². The topological polar surface area (TPSA) is 63.9 Å². The maximum absolute atomic E-state index is 12.7. The van der Waals surface area contributed by atoms with E-state index in [-0.39, 0.29) is 18.5 Å². The molecule has 0 saturated carbocycles. The molecule has 1 amide bonds. The molecular formula is C16H15N5OS. The molecule has 0 bridgehead atoms. The molecule has 0 spiro atoms. The highest BCUT2D eigenvalue weighted by molar-refractivity contribution is 7.13. The maximum atomic E-state index is 12.7.